The Hall–Kier alpha value is -1.92. The average Bonchev–Trinajstić information content (AvgIpc) is 2.59. The van der Waals surface area contributed by atoms with E-state index in [1.807, 2.05) is 0 Å². The van der Waals surface area contributed by atoms with Crippen molar-refractivity contribution < 1.29 is 29.1 Å². The van der Waals surface area contributed by atoms with Crippen LogP contribution in [0.5, 0.6) is 0 Å². The molecule has 1 N–H and O–H groups in total. The molecule has 0 aromatic rings. The number of carboxylic acids is 1. The molecule has 0 aromatic heterocycles. The van der Waals surface area contributed by atoms with E-state index in [2.05, 4.69) is 9.99 Å². The predicted octanol–water partition coefficient (Wildman–Crippen LogP) is 1.11. The first-order valence-electron chi connectivity index (χ1n) is 5.98. The van der Waals surface area contributed by atoms with E-state index >= 15 is 0 Å². The summed E-state index contributed by atoms with van der Waals surface area (Å²) in [5.74, 6) is -3.06. The van der Waals surface area contributed by atoms with Gasteiger partial charge in [-0.05, 0) is 26.7 Å². The second kappa shape index (κ2) is 4.99. The van der Waals surface area contributed by atoms with Crippen molar-refractivity contribution in [2.75, 3.05) is 0 Å². The molecule has 0 bridgehead atoms. The average molecular weight is 271 g/mol. The third-order valence-corrected chi connectivity index (χ3v) is 3.65. The van der Waals surface area contributed by atoms with E-state index in [-0.39, 0.29) is 18.6 Å². The minimum absolute atomic E-state index is 0.0684. The molecular formula is C12H17NO6. The number of aliphatic carboxylic acids is 1. The van der Waals surface area contributed by atoms with Crippen molar-refractivity contribution in [1.29, 1.82) is 0 Å². The third-order valence-electron chi connectivity index (χ3n) is 3.65. The summed E-state index contributed by atoms with van der Waals surface area (Å²) in [6.07, 6.45) is 0.137. The second-order valence-electron chi connectivity index (χ2n) is 4.57. The lowest BCUT2D eigenvalue weighted by Gasteiger charge is -2.29. The van der Waals surface area contributed by atoms with Gasteiger partial charge >= 0.3 is 17.9 Å². The summed E-state index contributed by atoms with van der Waals surface area (Å²) in [6.45, 7) is 5.96. The molecule has 1 heterocycles. The van der Waals surface area contributed by atoms with Crippen molar-refractivity contribution in [2.24, 2.45) is 10.6 Å². The van der Waals surface area contributed by atoms with Crippen molar-refractivity contribution in [2.45, 2.75) is 46.1 Å². The molecule has 7 heteroatoms. The number of carboxylic acid groups (broad SMARTS) is 1. The highest BCUT2D eigenvalue weighted by Gasteiger charge is 2.53. The molecule has 0 saturated carbocycles. The summed E-state index contributed by atoms with van der Waals surface area (Å²) in [4.78, 5) is 39.5. The Morgan fingerprint density at radius 1 is 1.42 bits per heavy atom. The molecule has 1 unspecified atom stereocenters. The lowest BCUT2D eigenvalue weighted by atomic mass is 9.82. The van der Waals surface area contributed by atoms with Crippen LogP contribution < -0.4 is 0 Å². The number of esters is 1. The number of ether oxygens (including phenoxy) is 1. The molecule has 1 aliphatic heterocycles. The molecule has 19 heavy (non-hydrogen) atoms. The Morgan fingerprint density at radius 3 is 2.26 bits per heavy atom. The normalized spacial score (nSPS) is 22.7. The summed E-state index contributed by atoms with van der Waals surface area (Å²) in [5.41, 5.74) is -3.13. The van der Waals surface area contributed by atoms with Crippen molar-refractivity contribution in [3.8, 4) is 0 Å². The van der Waals surface area contributed by atoms with Crippen LogP contribution in [0.25, 0.3) is 0 Å². The molecule has 7 nitrogen and oxygen atoms in total. The van der Waals surface area contributed by atoms with E-state index in [0.29, 0.717) is 0 Å². The molecule has 0 aliphatic carbocycles. The number of carbonyl (C=O) groups excluding carboxylic acids is 2. The lowest BCUT2D eigenvalue weighted by molar-refractivity contribution is -0.182. The first-order valence-corrected chi connectivity index (χ1v) is 5.98. The standard InChI is InChI=1S/C12H17NO6/c1-5-12(6-2,8(14)15)10(17)18-11(4)7(3)13-19-9(11)16/h5-6H2,1-4H3,(H,14,15). The van der Waals surface area contributed by atoms with Crippen molar-refractivity contribution in [3.63, 3.8) is 0 Å². The van der Waals surface area contributed by atoms with Crippen LogP contribution in [0, 0.1) is 5.41 Å². The monoisotopic (exact) mass is 271 g/mol. The molecule has 0 aromatic carbocycles. The van der Waals surface area contributed by atoms with Crippen LogP contribution in [0.15, 0.2) is 5.16 Å². The third kappa shape index (κ3) is 2.20. The fraction of sp³-hybridized carbons (Fsp3) is 0.667. The molecule has 1 atom stereocenters. The fourth-order valence-corrected chi connectivity index (χ4v) is 1.76. The number of nitrogens with zero attached hydrogens (tertiary/aromatic N) is 1. The van der Waals surface area contributed by atoms with Gasteiger partial charge in [0.15, 0.2) is 5.41 Å². The highest BCUT2D eigenvalue weighted by Crippen LogP contribution is 2.32. The lowest BCUT2D eigenvalue weighted by Crippen LogP contribution is -2.49. The van der Waals surface area contributed by atoms with E-state index < -0.39 is 28.9 Å². The summed E-state index contributed by atoms with van der Waals surface area (Å²) in [5, 5.41) is 12.7. The Labute approximate surface area is 110 Å². The van der Waals surface area contributed by atoms with Crippen LogP contribution in [0.2, 0.25) is 0 Å². The van der Waals surface area contributed by atoms with E-state index in [1.54, 1.807) is 13.8 Å². The van der Waals surface area contributed by atoms with Gasteiger partial charge in [0.1, 0.15) is 5.71 Å². The molecule has 0 radical (unpaired) electrons. The Balaban J connectivity index is 3.05. The summed E-state index contributed by atoms with van der Waals surface area (Å²) < 4.78 is 5.11. The van der Waals surface area contributed by atoms with Crippen LogP contribution in [-0.2, 0) is 24.0 Å². The zero-order chi connectivity index (χ0) is 14.8. The second-order valence-corrected chi connectivity index (χ2v) is 4.57. The zero-order valence-electron chi connectivity index (χ0n) is 11.3. The molecular weight excluding hydrogens is 254 g/mol. The molecule has 0 spiro atoms. The van der Waals surface area contributed by atoms with Gasteiger partial charge in [0.2, 0.25) is 5.60 Å². The fourth-order valence-electron chi connectivity index (χ4n) is 1.76. The quantitative estimate of drug-likeness (QED) is 0.456. The first kappa shape index (κ1) is 15.1. The topological polar surface area (TPSA) is 102 Å². The summed E-state index contributed by atoms with van der Waals surface area (Å²) in [7, 11) is 0. The van der Waals surface area contributed by atoms with Crippen molar-refractivity contribution >= 4 is 23.6 Å². The van der Waals surface area contributed by atoms with Crippen molar-refractivity contribution in [3.05, 3.63) is 0 Å². The summed E-state index contributed by atoms with van der Waals surface area (Å²) in [6, 6.07) is 0. The maximum Gasteiger partial charge on any atom is 0.383 e. The minimum atomic E-state index is -1.66. The maximum atomic E-state index is 12.2. The van der Waals surface area contributed by atoms with Crippen LogP contribution in [0.3, 0.4) is 0 Å². The zero-order valence-corrected chi connectivity index (χ0v) is 11.3. The van der Waals surface area contributed by atoms with Gasteiger partial charge < -0.3 is 14.7 Å². The molecule has 0 fully saturated rings. The minimum Gasteiger partial charge on any atom is -0.480 e. The van der Waals surface area contributed by atoms with E-state index in [1.165, 1.54) is 13.8 Å². The number of oxime groups is 1. The molecule has 1 aliphatic rings. The van der Waals surface area contributed by atoms with Crippen LogP contribution in [-0.4, -0.2) is 34.3 Å². The predicted molar refractivity (Wildman–Crippen MR) is 64.3 cm³/mol. The molecule has 1 rings (SSSR count). The van der Waals surface area contributed by atoms with E-state index in [0.717, 1.165) is 0 Å². The molecule has 0 amide bonds. The number of carbonyl (C=O) groups is 3. The largest absolute Gasteiger partial charge is 0.480 e. The number of hydrogen-bond donors (Lipinski definition) is 1. The van der Waals surface area contributed by atoms with Crippen LogP contribution in [0.4, 0.5) is 0 Å². The van der Waals surface area contributed by atoms with Gasteiger partial charge in [-0.15, -0.1) is 0 Å². The van der Waals surface area contributed by atoms with Gasteiger partial charge in [-0.1, -0.05) is 19.0 Å². The number of hydrogen-bond acceptors (Lipinski definition) is 6. The van der Waals surface area contributed by atoms with Gasteiger partial charge in [-0.3, -0.25) is 9.59 Å². The van der Waals surface area contributed by atoms with Gasteiger partial charge in [0, 0.05) is 0 Å². The highest BCUT2D eigenvalue weighted by atomic mass is 16.7. The van der Waals surface area contributed by atoms with Gasteiger partial charge in [0.05, 0.1) is 0 Å². The Bertz CT molecular complexity index is 451. The SMILES string of the molecule is CCC(CC)(C(=O)O)C(=O)OC1(C)C(=O)ON=C1C. The smallest absolute Gasteiger partial charge is 0.383 e. The molecule has 0 saturated heterocycles. The Kier molecular flexibility index (Phi) is 3.97. The van der Waals surface area contributed by atoms with Gasteiger partial charge in [0.25, 0.3) is 0 Å². The maximum absolute atomic E-state index is 12.2. The highest BCUT2D eigenvalue weighted by molar-refractivity contribution is 6.13. The van der Waals surface area contributed by atoms with Crippen LogP contribution >= 0.6 is 0 Å². The number of rotatable bonds is 5. The molecule has 106 valence electrons. The van der Waals surface area contributed by atoms with Gasteiger partial charge in [-0.25, -0.2) is 4.79 Å². The van der Waals surface area contributed by atoms with Crippen LogP contribution in [0.1, 0.15) is 40.5 Å². The van der Waals surface area contributed by atoms with Crippen molar-refractivity contribution in [1.82, 2.24) is 0 Å². The van der Waals surface area contributed by atoms with Gasteiger partial charge in [-0.2, -0.15) is 0 Å². The first-order chi connectivity index (χ1) is 8.74. The van der Waals surface area contributed by atoms with E-state index in [9.17, 15) is 19.5 Å². The van der Waals surface area contributed by atoms with E-state index in [4.69, 9.17) is 4.74 Å². The Morgan fingerprint density at radius 2 is 1.95 bits per heavy atom. The summed E-state index contributed by atoms with van der Waals surface area (Å²) >= 11 is 0.